The van der Waals surface area contributed by atoms with Crippen LogP contribution in [0.3, 0.4) is 0 Å². The standard InChI is InChI=1S/C13H13F3O3S.C6H10.C2H6.CH4O/c1-7(9(3)17)10-5-6-11(13(14,15)16)12(8(10)2)20(4,18)19;1-5(2)6-3-4-6;2*1-2/h5-6H,1H2,2-4H3;6H,1,3-4H2,2H3;1-2H3;2H,1H3. The number of carbonyl (C=O) groups excluding carboxylic acids is 1. The summed E-state index contributed by atoms with van der Waals surface area (Å²) in [6.07, 6.45) is -1.30. The Labute approximate surface area is 178 Å². The van der Waals surface area contributed by atoms with Gasteiger partial charge in [-0.1, -0.05) is 38.6 Å². The number of Topliss-reactive ketones (excluding diaryl/α,β-unsaturated/α-hetero) is 1. The Morgan fingerprint density at radius 2 is 1.53 bits per heavy atom. The molecule has 8 heteroatoms. The zero-order chi connectivity index (χ0) is 24.4. The van der Waals surface area contributed by atoms with Crippen LogP contribution in [-0.2, 0) is 20.8 Å². The molecule has 0 radical (unpaired) electrons. The topological polar surface area (TPSA) is 71.4 Å². The summed E-state index contributed by atoms with van der Waals surface area (Å²) in [5.41, 5.74) is 0.0853. The van der Waals surface area contributed by atoms with Gasteiger partial charge < -0.3 is 5.11 Å². The van der Waals surface area contributed by atoms with Crippen molar-refractivity contribution < 1.29 is 31.5 Å². The van der Waals surface area contributed by atoms with Gasteiger partial charge in [-0.3, -0.25) is 4.79 Å². The lowest BCUT2D eigenvalue weighted by molar-refractivity contribution is -0.139. The van der Waals surface area contributed by atoms with E-state index in [-0.39, 0.29) is 16.7 Å². The number of aliphatic hydroxyl groups excluding tert-OH is 1. The Hall–Kier alpha value is -1.93. The molecule has 0 aromatic heterocycles. The molecule has 1 saturated carbocycles. The van der Waals surface area contributed by atoms with E-state index in [1.165, 1.54) is 32.3 Å². The maximum atomic E-state index is 12.9. The largest absolute Gasteiger partial charge is 0.417 e. The Kier molecular flexibility index (Phi) is 12.8. The van der Waals surface area contributed by atoms with Crippen LogP contribution in [0.1, 0.15) is 57.2 Å². The highest BCUT2D eigenvalue weighted by molar-refractivity contribution is 7.90. The molecule has 172 valence electrons. The molecular weight excluding hydrogens is 417 g/mol. The number of carbonyl (C=O) groups is 1. The smallest absolute Gasteiger partial charge is 0.400 e. The van der Waals surface area contributed by atoms with Crippen molar-refractivity contribution in [3.63, 3.8) is 0 Å². The zero-order valence-electron chi connectivity index (χ0n) is 18.8. The number of benzene rings is 1. The third-order valence-electron chi connectivity index (χ3n) is 4.11. The highest BCUT2D eigenvalue weighted by atomic mass is 32.2. The molecule has 1 aromatic carbocycles. The molecule has 1 aliphatic rings. The average molecular weight is 451 g/mol. The third kappa shape index (κ3) is 9.26. The minimum atomic E-state index is -4.79. The minimum absolute atomic E-state index is 0.0267. The van der Waals surface area contributed by atoms with Gasteiger partial charge >= 0.3 is 6.18 Å². The molecule has 0 amide bonds. The lowest BCUT2D eigenvalue weighted by Crippen LogP contribution is -2.15. The van der Waals surface area contributed by atoms with E-state index in [4.69, 9.17) is 5.11 Å². The van der Waals surface area contributed by atoms with Crippen LogP contribution in [-0.4, -0.2) is 32.7 Å². The van der Waals surface area contributed by atoms with E-state index in [1.54, 1.807) is 0 Å². The fourth-order valence-electron chi connectivity index (χ4n) is 2.49. The number of rotatable bonds is 4. The van der Waals surface area contributed by atoms with Crippen LogP contribution < -0.4 is 0 Å². The Morgan fingerprint density at radius 3 is 1.77 bits per heavy atom. The fraction of sp³-hybridized carbons (Fsp3) is 0.500. The number of aliphatic hydroxyl groups is 1. The third-order valence-corrected chi connectivity index (χ3v) is 5.37. The molecule has 2 rings (SSSR count). The van der Waals surface area contributed by atoms with E-state index in [2.05, 4.69) is 20.1 Å². The second-order valence-electron chi connectivity index (χ2n) is 6.54. The van der Waals surface area contributed by atoms with Crippen molar-refractivity contribution in [1.82, 2.24) is 0 Å². The number of hydrogen-bond donors (Lipinski definition) is 1. The monoisotopic (exact) mass is 450 g/mol. The summed E-state index contributed by atoms with van der Waals surface area (Å²) in [7, 11) is -3.10. The van der Waals surface area contributed by atoms with Crippen molar-refractivity contribution in [3.8, 4) is 0 Å². The van der Waals surface area contributed by atoms with E-state index >= 15 is 0 Å². The first-order valence-corrected chi connectivity index (χ1v) is 11.3. The van der Waals surface area contributed by atoms with Crippen LogP contribution in [0.15, 0.2) is 35.8 Å². The molecule has 0 unspecified atom stereocenters. The van der Waals surface area contributed by atoms with Crippen LogP contribution in [0, 0.1) is 12.8 Å². The van der Waals surface area contributed by atoms with Gasteiger partial charge in [-0.05, 0) is 56.7 Å². The SMILES string of the molecule is C=C(C(C)=O)c1ccc(C(F)(F)F)c(S(C)(=O)=O)c1C.C=C(C)C1CC1.CC.CO. The maximum Gasteiger partial charge on any atom is 0.417 e. The lowest BCUT2D eigenvalue weighted by atomic mass is 9.97. The number of alkyl halides is 3. The maximum absolute atomic E-state index is 12.9. The van der Waals surface area contributed by atoms with Crippen molar-refractivity contribution in [2.24, 2.45) is 5.92 Å². The first-order valence-electron chi connectivity index (χ1n) is 9.39. The van der Waals surface area contributed by atoms with E-state index in [0.29, 0.717) is 12.3 Å². The minimum Gasteiger partial charge on any atom is -0.400 e. The van der Waals surface area contributed by atoms with Crippen LogP contribution in [0.25, 0.3) is 5.57 Å². The summed E-state index contributed by atoms with van der Waals surface area (Å²) >= 11 is 0. The Balaban J connectivity index is 0. The van der Waals surface area contributed by atoms with Crippen molar-refractivity contribution in [2.45, 2.75) is 58.5 Å². The molecule has 1 aromatic rings. The second kappa shape index (κ2) is 12.7. The Bertz CT molecular complexity index is 850. The average Bonchev–Trinajstić information content (AvgIpc) is 3.48. The lowest BCUT2D eigenvalue weighted by Gasteiger charge is -2.17. The van der Waals surface area contributed by atoms with Gasteiger partial charge in [0.1, 0.15) is 0 Å². The molecule has 0 atom stereocenters. The number of ketones is 1. The van der Waals surface area contributed by atoms with Crippen LogP contribution in [0.4, 0.5) is 13.2 Å². The second-order valence-corrected chi connectivity index (χ2v) is 8.49. The molecule has 30 heavy (non-hydrogen) atoms. The molecule has 1 fully saturated rings. The van der Waals surface area contributed by atoms with Crippen molar-refractivity contribution >= 4 is 21.2 Å². The van der Waals surface area contributed by atoms with Gasteiger partial charge in [-0.15, -0.1) is 0 Å². The first kappa shape index (κ1) is 30.3. The van der Waals surface area contributed by atoms with Crippen LogP contribution in [0.2, 0.25) is 0 Å². The summed E-state index contributed by atoms with van der Waals surface area (Å²) in [5.74, 6) is 0.470. The van der Waals surface area contributed by atoms with Gasteiger partial charge in [0.25, 0.3) is 0 Å². The number of hydrogen-bond acceptors (Lipinski definition) is 4. The number of sulfone groups is 1. The molecule has 1 N–H and O–H groups in total. The van der Waals surface area contributed by atoms with Gasteiger partial charge in [0.2, 0.25) is 0 Å². The first-order chi connectivity index (χ1) is 13.7. The molecule has 0 spiro atoms. The summed E-state index contributed by atoms with van der Waals surface area (Å²) in [6.45, 7) is 15.8. The van der Waals surface area contributed by atoms with Gasteiger partial charge in [-0.25, -0.2) is 8.42 Å². The van der Waals surface area contributed by atoms with Crippen LogP contribution >= 0.6 is 0 Å². The predicted octanol–water partition coefficient (Wildman–Crippen LogP) is 5.63. The van der Waals surface area contributed by atoms with E-state index in [1.807, 2.05) is 13.8 Å². The van der Waals surface area contributed by atoms with E-state index < -0.39 is 32.3 Å². The van der Waals surface area contributed by atoms with E-state index in [9.17, 15) is 26.4 Å². The molecule has 0 heterocycles. The van der Waals surface area contributed by atoms with E-state index in [0.717, 1.165) is 19.1 Å². The molecular formula is C22H33F3O4S. The zero-order valence-corrected chi connectivity index (χ0v) is 19.6. The Morgan fingerprint density at radius 1 is 1.10 bits per heavy atom. The highest BCUT2D eigenvalue weighted by Gasteiger charge is 2.37. The van der Waals surface area contributed by atoms with Gasteiger partial charge in [-0.2, -0.15) is 13.2 Å². The fourth-order valence-corrected chi connectivity index (χ4v) is 3.73. The molecule has 4 nitrogen and oxygen atoms in total. The van der Waals surface area contributed by atoms with Crippen molar-refractivity contribution in [1.29, 1.82) is 0 Å². The van der Waals surface area contributed by atoms with Gasteiger partial charge in [0.15, 0.2) is 15.6 Å². The number of allylic oxidation sites excluding steroid dienone is 2. The van der Waals surface area contributed by atoms with Gasteiger partial charge in [0.05, 0.1) is 10.5 Å². The number of halogens is 3. The molecule has 0 aliphatic heterocycles. The summed E-state index contributed by atoms with van der Waals surface area (Å²) in [6, 6.07) is 1.73. The summed E-state index contributed by atoms with van der Waals surface area (Å²) in [5, 5.41) is 7.00. The predicted molar refractivity (Wildman–Crippen MR) is 116 cm³/mol. The summed E-state index contributed by atoms with van der Waals surface area (Å²) < 4.78 is 62.0. The van der Waals surface area contributed by atoms with Gasteiger partial charge in [0, 0.05) is 18.9 Å². The molecule has 1 aliphatic carbocycles. The van der Waals surface area contributed by atoms with Crippen molar-refractivity contribution in [3.05, 3.63) is 47.6 Å². The molecule has 0 saturated heterocycles. The normalized spacial score (nSPS) is 12.8. The summed E-state index contributed by atoms with van der Waals surface area (Å²) in [4.78, 5) is 10.5. The van der Waals surface area contributed by atoms with Crippen LogP contribution in [0.5, 0.6) is 0 Å². The quantitative estimate of drug-likeness (QED) is 0.477. The highest BCUT2D eigenvalue weighted by Crippen LogP contribution is 2.38. The van der Waals surface area contributed by atoms with Crippen molar-refractivity contribution in [2.75, 3.05) is 13.4 Å². The molecule has 0 bridgehead atoms.